The predicted octanol–water partition coefficient (Wildman–Crippen LogP) is 0.841. The molecule has 0 unspecified atom stereocenters. The highest BCUT2D eigenvalue weighted by molar-refractivity contribution is 5.45. The van der Waals surface area contributed by atoms with Crippen LogP contribution in [-0.2, 0) is 4.79 Å². The van der Waals surface area contributed by atoms with Gasteiger partial charge in [0.25, 0.3) is 0 Å². The SMILES string of the molecule is O=CNCCCC/C=C\CCO. The highest BCUT2D eigenvalue weighted by atomic mass is 16.2. The molecular weight excluding hydrogens is 154 g/mol. The van der Waals surface area contributed by atoms with Crippen LogP contribution in [0.5, 0.6) is 0 Å². The number of aliphatic hydroxyl groups excluding tert-OH is 1. The topological polar surface area (TPSA) is 49.3 Å². The molecule has 0 atom stereocenters. The van der Waals surface area contributed by atoms with E-state index in [9.17, 15) is 4.79 Å². The number of carbonyl (C=O) groups is 1. The molecule has 12 heavy (non-hydrogen) atoms. The second kappa shape index (κ2) is 10.2. The van der Waals surface area contributed by atoms with Gasteiger partial charge in [0.05, 0.1) is 0 Å². The molecule has 0 aromatic rings. The summed E-state index contributed by atoms with van der Waals surface area (Å²) in [5.74, 6) is 0. The molecule has 1 amide bonds. The second-order valence-corrected chi connectivity index (χ2v) is 2.55. The Kier molecular flexibility index (Phi) is 9.47. The number of unbranched alkanes of at least 4 members (excludes halogenated alkanes) is 2. The third-order valence-electron chi connectivity index (χ3n) is 1.49. The van der Waals surface area contributed by atoms with Gasteiger partial charge in [-0.1, -0.05) is 12.2 Å². The Balaban J connectivity index is 2.94. The van der Waals surface area contributed by atoms with Gasteiger partial charge in [-0.15, -0.1) is 0 Å². The Labute approximate surface area is 73.5 Å². The van der Waals surface area contributed by atoms with Gasteiger partial charge in [-0.3, -0.25) is 4.79 Å². The second-order valence-electron chi connectivity index (χ2n) is 2.55. The molecule has 70 valence electrons. The average molecular weight is 171 g/mol. The Morgan fingerprint density at radius 1 is 1.17 bits per heavy atom. The average Bonchev–Trinajstić information content (AvgIpc) is 2.10. The molecule has 0 aliphatic heterocycles. The van der Waals surface area contributed by atoms with Crippen molar-refractivity contribution in [2.45, 2.75) is 25.7 Å². The first-order valence-electron chi connectivity index (χ1n) is 4.34. The maximum atomic E-state index is 9.83. The molecule has 0 aliphatic carbocycles. The van der Waals surface area contributed by atoms with Crippen LogP contribution in [0.15, 0.2) is 12.2 Å². The van der Waals surface area contributed by atoms with Crippen molar-refractivity contribution in [3.05, 3.63) is 12.2 Å². The van der Waals surface area contributed by atoms with Gasteiger partial charge < -0.3 is 10.4 Å². The molecule has 3 heteroatoms. The molecule has 0 aromatic heterocycles. The smallest absolute Gasteiger partial charge is 0.207 e. The van der Waals surface area contributed by atoms with Gasteiger partial charge in [-0.25, -0.2) is 0 Å². The lowest BCUT2D eigenvalue weighted by atomic mass is 10.2. The molecular formula is C9H17NO2. The van der Waals surface area contributed by atoms with Crippen LogP contribution in [0.3, 0.4) is 0 Å². The van der Waals surface area contributed by atoms with Crippen molar-refractivity contribution in [1.82, 2.24) is 5.32 Å². The van der Waals surface area contributed by atoms with E-state index < -0.39 is 0 Å². The molecule has 0 aromatic carbocycles. The Hall–Kier alpha value is -0.830. The summed E-state index contributed by atoms with van der Waals surface area (Å²) >= 11 is 0. The predicted molar refractivity (Wildman–Crippen MR) is 48.8 cm³/mol. The minimum atomic E-state index is 0.225. The summed E-state index contributed by atoms with van der Waals surface area (Å²) < 4.78 is 0. The summed E-state index contributed by atoms with van der Waals surface area (Å²) in [6.45, 7) is 0.987. The highest BCUT2D eigenvalue weighted by Crippen LogP contribution is 1.95. The number of hydrogen-bond acceptors (Lipinski definition) is 2. The van der Waals surface area contributed by atoms with Crippen molar-refractivity contribution in [2.24, 2.45) is 0 Å². The van der Waals surface area contributed by atoms with E-state index in [1.54, 1.807) is 0 Å². The first-order valence-corrected chi connectivity index (χ1v) is 4.34. The molecule has 0 aliphatic rings. The lowest BCUT2D eigenvalue weighted by molar-refractivity contribution is -0.109. The number of hydrogen-bond donors (Lipinski definition) is 2. The van der Waals surface area contributed by atoms with Gasteiger partial charge in [0.2, 0.25) is 6.41 Å². The van der Waals surface area contributed by atoms with E-state index in [1.807, 2.05) is 6.08 Å². The van der Waals surface area contributed by atoms with E-state index in [0.29, 0.717) is 0 Å². The first-order chi connectivity index (χ1) is 5.91. The first kappa shape index (κ1) is 11.2. The van der Waals surface area contributed by atoms with Gasteiger partial charge in [0, 0.05) is 13.2 Å². The van der Waals surface area contributed by atoms with Gasteiger partial charge >= 0.3 is 0 Å². The third-order valence-corrected chi connectivity index (χ3v) is 1.49. The maximum absolute atomic E-state index is 9.83. The Morgan fingerprint density at radius 2 is 1.92 bits per heavy atom. The summed E-state index contributed by atoms with van der Waals surface area (Å²) in [6, 6.07) is 0. The molecule has 0 heterocycles. The monoisotopic (exact) mass is 171 g/mol. The van der Waals surface area contributed by atoms with Gasteiger partial charge in [-0.2, -0.15) is 0 Å². The van der Waals surface area contributed by atoms with Crippen LogP contribution in [0.25, 0.3) is 0 Å². The normalized spacial score (nSPS) is 10.4. The van der Waals surface area contributed by atoms with E-state index in [-0.39, 0.29) is 6.61 Å². The number of aliphatic hydroxyl groups is 1. The van der Waals surface area contributed by atoms with Crippen LogP contribution in [0.4, 0.5) is 0 Å². The fourth-order valence-electron chi connectivity index (χ4n) is 0.858. The third kappa shape index (κ3) is 9.17. The van der Waals surface area contributed by atoms with Crippen molar-refractivity contribution < 1.29 is 9.90 Å². The summed E-state index contributed by atoms with van der Waals surface area (Å²) in [5.41, 5.74) is 0. The zero-order chi connectivity index (χ0) is 9.07. The zero-order valence-electron chi connectivity index (χ0n) is 7.33. The van der Waals surface area contributed by atoms with Crippen molar-refractivity contribution in [3.8, 4) is 0 Å². The summed E-state index contributed by atoms with van der Waals surface area (Å²) in [6.07, 6.45) is 8.64. The largest absolute Gasteiger partial charge is 0.396 e. The number of amides is 1. The van der Waals surface area contributed by atoms with E-state index in [1.165, 1.54) is 0 Å². The molecule has 3 nitrogen and oxygen atoms in total. The quantitative estimate of drug-likeness (QED) is 0.323. The summed E-state index contributed by atoms with van der Waals surface area (Å²) in [5, 5.41) is 11.0. The summed E-state index contributed by atoms with van der Waals surface area (Å²) in [4.78, 5) is 9.83. The molecule has 0 saturated carbocycles. The summed E-state index contributed by atoms with van der Waals surface area (Å²) in [7, 11) is 0. The molecule has 2 N–H and O–H groups in total. The number of rotatable bonds is 8. The zero-order valence-corrected chi connectivity index (χ0v) is 7.33. The van der Waals surface area contributed by atoms with Crippen LogP contribution in [0, 0.1) is 0 Å². The van der Waals surface area contributed by atoms with Gasteiger partial charge in [0.15, 0.2) is 0 Å². The Morgan fingerprint density at radius 3 is 2.58 bits per heavy atom. The lowest BCUT2D eigenvalue weighted by Gasteiger charge is -1.95. The minimum Gasteiger partial charge on any atom is -0.396 e. The Bertz CT molecular complexity index is 124. The van der Waals surface area contributed by atoms with E-state index in [4.69, 9.17) is 5.11 Å². The van der Waals surface area contributed by atoms with E-state index in [0.717, 1.165) is 38.6 Å². The van der Waals surface area contributed by atoms with Crippen molar-refractivity contribution >= 4 is 6.41 Å². The lowest BCUT2D eigenvalue weighted by Crippen LogP contribution is -2.11. The maximum Gasteiger partial charge on any atom is 0.207 e. The van der Waals surface area contributed by atoms with Crippen molar-refractivity contribution in [2.75, 3.05) is 13.2 Å². The van der Waals surface area contributed by atoms with E-state index >= 15 is 0 Å². The molecule has 0 bridgehead atoms. The van der Waals surface area contributed by atoms with Crippen LogP contribution >= 0.6 is 0 Å². The van der Waals surface area contributed by atoms with Gasteiger partial charge in [-0.05, 0) is 25.7 Å². The van der Waals surface area contributed by atoms with Crippen LogP contribution in [0.2, 0.25) is 0 Å². The molecule has 0 radical (unpaired) electrons. The molecule has 0 fully saturated rings. The minimum absolute atomic E-state index is 0.225. The number of nitrogens with one attached hydrogen (secondary N) is 1. The van der Waals surface area contributed by atoms with Crippen molar-refractivity contribution in [3.63, 3.8) is 0 Å². The number of allylic oxidation sites excluding steroid dienone is 1. The number of carbonyl (C=O) groups excluding carboxylic acids is 1. The molecule has 0 spiro atoms. The van der Waals surface area contributed by atoms with Crippen LogP contribution in [0.1, 0.15) is 25.7 Å². The van der Waals surface area contributed by atoms with Crippen LogP contribution < -0.4 is 5.32 Å². The molecule has 0 saturated heterocycles. The highest BCUT2D eigenvalue weighted by Gasteiger charge is 1.84. The fourth-order valence-corrected chi connectivity index (χ4v) is 0.858. The van der Waals surface area contributed by atoms with Crippen molar-refractivity contribution in [1.29, 1.82) is 0 Å². The standard InChI is InChI=1S/C9H17NO2/c11-8-6-4-2-1-3-5-7-10-9-12/h2,4,9,11H,1,3,5-8H2,(H,10,12)/b4-2-. The van der Waals surface area contributed by atoms with Crippen LogP contribution in [-0.4, -0.2) is 24.7 Å². The fraction of sp³-hybridized carbons (Fsp3) is 0.667. The molecule has 0 rings (SSSR count). The van der Waals surface area contributed by atoms with Gasteiger partial charge in [0.1, 0.15) is 0 Å². The van der Waals surface area contributed by atoms with E-state index in [2.05, 4.69) is 11.4 Å².